The molecule has 0 radical (unpaired) electrons. The first-order valence-electron chi connectivity index (χ1n) is 5.60. The maximum atomic E-state index is 11.7. The number of aryl methyl sites for hydroxylation is 2. The Kier molecular flexibility index (Phi) is 4.29. The summed E-state index contributed by atoms with van der Waals surface area (Å²) in [6, 6.07) is 6.11. The minimum absolute atomic E-state index is 0.0231. The summed E-state index contributed by atoms with van der Waals surface area (Å²) in [5, 5.41) is 2.68. The molecule has 1 amide bonds. The SMILES string of the molecule is CC/C=C(/C(=O)NC)c1ccc(C)c(C)c1. The molecule has 0 aromatic heterocycles. The van der Waals surface area contributed by atoms with E-state index in [0.29, 0.717) is 0 Å². The number of nitrogens with one attached hydrogen (secondary N) is 1. The standard InChI is InChI=1S/C14H19NO/c1-5-6-13(14(16)15-4)12-8-7-10(2)11(3)9-12/h6-9H,5H2,1-4H3,(H,15,16)/b13-6+. The van der Waals surface area contributed by atoms with E-state index in [1.165, 1.54) is 11.1 Å². The van der Waals surface area contributed by atoms with Gasteiger partial charge in [-0.2, -0.15) is 0 Å². The lowest BCUT2D eigenvalue weighted by molar-refractivity contribution is -0.115. The van der Waals surface area contributed by atoms with Gasteiger partial charge in [0.25, 0.3) is 5.91 Å². The predicted octanol–water partition coefficient (Wildman–Crippen LogP) is 2.84. The third kappa shape index (κ3) is 2.72. The number of amides is 1. The number of carbonyl (C=O) groups is 1. The van der Waals surface area contributed by atoms with Crippen molar-refractivity contribution < 1.29 is 4.79 Å². The molecule has 0 heterocycles. The summed E-state index contributed by atoms with van der Waals surface area (Å²) < 4.78 is 0. The summed E-state index contributed by atoms with van der Waals surface area (Å²) in [6.45, 7) is 6.17. The molecule has 0 spiro atoms. The van der Waals surface area contributed by atoms with Gasteiger partial charge in [0.2, 0.25) is 0 Å². The second-order valence-electron chi connectivity index (χ2n) is 3.90. The van der Waals surface area contributed by atoms with Gasteiger partial charge in [0, 0.05) is 12.6 Å². The number of allylic oxidation sites excluding steroid dienone is 1. The second kappa shape index (κ2) is 5.50. The van der Waals surface area contributed by atoms with Crippen LogP contribution < -0.4 is 5.32 Å². The number of hydrogen-bond acceptors (Lipinski definition) is 1. The molecule has 0 fully saturated rings. The minimum Gasteiger partial charge on any atom is -0.355 e. The van der Waals surface area contributed by atoms with Crippen LogP contribution in [0.4, 0.5) is 0 Å². The van der Waals surface area contributed by atoms with Crippen molar-refractivity contribution in [3.8, 4) is 0 Å². The Labute approximate surface area is 97.4 Å². The van der Waals surface area contributed by atoms with Gasteiger partial charge in [0.15, 0.2) is 0 Å². The lowest BCUT2D eigenvalue weighted by Gasteiger charge is -2.08. The Hall–Kier alpha value is -1.57. The van der Waals surface area contributed by atoms with E-state index in [1.54, 1.807) is 7.05 Å². The van der Waals surface area contributed by atoms with Gasteiger partial charge in [-0.1, -0.05) is 31.2 Å². The molecule has 0 saturated carbocycles. The lowest BCUT2D eigenvalue weighted by Crippen LogP contribution is -2.19. The van der Waals surface area contributed by atoms with Gasteiger partial charge in [-0.05, 0) is 37.0 Å². The number of benzene rings is 1. The maximum absolute atomic E-state index is 11.7. The van der Waals surface area contributed by atoms with Crippen molar-refractivity contribution in [2.45, 2.75) is 27.2 Å². The van der Waals surface area contributed by atoms with Crippen LogP contribution in [0, 0.1) is 13.8 Å². The highest BCUT2D eigenvalue weighted by atomic mass is 16.1. The van der Waals surface area contributed by atoms with Crippen LogP contribution in [-0.2, 0) is 4.79 Å². The number of likely N-dealkylation sites (N-methyl/N-ethyl adjacent to an activating group) is 1. The van der Waals surface area contributed by atoms with Gasteiger partial charge in [0.05, 0.1) is 0 Å². The van der Waals surface area contributed by atoms with E-state index in [1.807, 2.05) is 19.1 Å². The molecule has 2 heteroatoms. The first-order valence-corrected chi connectivity index (χ1v) is 5.60. The smallest absolute Gasteiger partial charge is 0.251 e. The van der Waals surface area contributed by atoms with Crippen molar-refractivity contribution in [1.82, 2.24) is 5.32 Å². The zero-order valence-electron chi connectivity index (χ0n) is 10.4. The molecule has 0 atom stereocenters. The van der Waals surface area contributed by atoms with Gasteiger partial charge in [-0.3, -0.25) is 4.79 Å². The average molecular weight is 217 g/mol. The molecule has 1 aromatic rings. The van der Waals surface area contributed by atoms with Crippen LogP contribution in [0.2, 0.25) is 0 Å². The average Bonchev–Trinajstić information content (AvgIpc) is 2.29. The highest BCUT2D eigenvalue weighted by molar-refractivity contribution is 6.19. The molecule has 2 nitrogen and oxygen atoms in total. The largest absolute Gasteiger partial charge is 0.355 e. The summed E-state index contributed by atoms with van der Waals surface area (Å²) in [7, 11) is 1.66. The van der Waals surface area contributed by atoms with Crippen molar-refractivity contribution in [3.05, 3.63) is 41.0 Å². The summed E-state index contributed by atoms with van der Waals surface area (Å²) in [4.78, 5) is 11.7. The summed E-state index contributed by atoms with van der Waals surface area (Å²) in [6.07, 6.45) is 2.82. The number of hydrogen-bond donors (Lipinski definition) is 1. The second-order valence-corrected chi connectivity index (χ2v) is 3.90. The fraction of sp³-hybridized carbons (Fsp3) is 0.357. The van der Waals surface area contributed by atoms with E-state index >= 15 is 0 Å². The van der Waals surface area contributed by atoms with Crippen molar-refractivity contribution in [2.24, 2.45) is 0 Å². The van der Waals surface area contributed by atoms with Gasteiger partial charge in [0.1, 0.15) is 0 Å². The normalized spacial score (nSPS) is 11.4. The van der Waals surface area contributed by atoms with Gasteiger partial charge >= 0.3 is 0 Å². The Bertz CT molecular complexity index is 419. The molecular weight excluding hydrogens is 198 g/mol. The van der Waals surface area contributed by atoms with Gasteiger partial charge in [-0.25, -0.2) is 0 Å². The fourth-order valence-corrected chi connectivity index (χ4v) is 1.59. The zero-order chi connectivity index (χ0) is 12.1. The molecule has 0 unspecified atom stereocenters. The highest BCUT2D eigenvalue weighted by Crippen LogP contribution is 2.19. The molecule has 1 rings (SSSR count). The van der Waals surface area contributed by atoms with E-state index in [0.717, 1.165) is 17.6 Å². The number of carbonyl (C=O) groups excluding carboxylic acids is 1. The summed E-state index contributed by atoms with van der Waals surface area (Å²) in [5.74, 6) is -0.0231. The first kappa shape index (κ1) is 12.5. The van der Waals surface area contributed by atoms with Crippen LogP contribution in [0.25, 0.3) is 5.57 Å². The van der Waals surface area contributed by atoms with E-state index in [9.17, 15) is 4.79 Å². The van der Waals surface area contributed by atoms with Crippen LogP contribution in [0.5, 0.6) is 0 Å². The van der Waals surface area contributed by atoms with Crippen LogP contribution in [-0.4, -0.2) is 13.0 Å². The summed E-state index contributed by atoms with van der Waals surface area (Å²) in [5.41, 5.74) is 4.21. The minimum atomic E-state index is -0.0231. The molecule has 0 saturated heterocycles. The molecule has 1 N–H and O–H groups in total. The van der Waals surface area contributed by atoms with Crippen LogP contribution >= 0.6 is 0 Å². The van der Waals surface area contributed by atoms with Crippen LogP contribution in [0.3, 0.4) is 0 Å². The zero-order valence-corrected chi connectivity index (χ0v) is 10.4. The molecule has 16 heavy (non-hydrogen) atoms. The van der Waals surface area contributed by atoms with E-state index in [4.69, 9.17) is 0 Å². The van der Waals surface area contributed by atoms with E-state index in [2.05, 4.69) is 31.3 Å². The van der Waals surface area contributed by atoms with Gasteiger partial charge in [-0.15, -0.1) is 0 Å². The summed E-state index contributed by atoms with van der Waals surface area (Å²) >= 11 is 0. The molecule has 86 valence electrons. The topological polar surface area (TPSA) is 29.1 Å². The van der Waals surface area contributed by atoms with Crippen molar-refractivity contribution in [3.63, 3.8) is 0 Å². The van der Waals surface area contributed by atoms with Crippen LogP contribution in [0.15, 0.2) is 24.3 Å². The molecule has 0 aliphatic heterocycles. The quantitative estimate of drug-likeness (QED) is 0.775. The van der Waals surface area contributed by atoms with E-state index in [-0.39, 0.29) is 5.91 Å². The first-order chi connectivity index (χ1) is 7.60. The molecule has 1 aromatic carbocycles. The van der Waals surface area contributed by atoms with Crippen molar-refractivity contribution >= 4 is 11.5 Å². The van der Waals surface area contributed by atoms with Gasteiger partial charge < -0.3 is 5.32 Å². The Morgan fingerprint density at radius 3 is 2.50 bits per heavy atom. The fourth-order valence-electron chi connectivity index (χ4n) is 1.59. The predicted molar refractivity (Wildman–Crippen MR) is 68.3 cm³/mol. The Morgan fingerprint density at radius 1 is 1.31 bits per heavy atom. The lowest BCUT2D eigenvalue weighted by atomic mass is 9.99. The number of rotatable bonds is 3. The van der Waals surface area contributed by atoms with Crippen molar-refractivity contribution in [2.75, 3.05) is 7.05 Å². The highest BCUT2D eigenvalue weighted by Gasteiger charge is 2.09. The Morgan fingerprint density at radius 2 is 2.00 bits per heavy atom. The molecule has 0 bridgehead atoms. The third-order valence-electron chi connectivity index (χ3n) is 2.70. The molecule has 0 aliphatic rings. The Balaban J connectivity index is 3.17. The van der Waals surface area contributed by atoms with Crippen molar-refractivity contribution in [1.29, 1.82) is 0 Å². The molecular formula is C14H19NO. The van der Waals surface area contributed by atoms with Crippen LogP contribution in [0.1, 0.15) is 30.0 Å². The maximum Gasteiger partial charge on any atom is 0.251 e. The molecule has 0 aliphatic carbocycles. The monoisotopic (exact) mass is 217 g/mol. The van der Waals surface area contributed by atoms with E-state index < -0.39 is 0 Å². The third-order valence-corrected chi connectivity index (χ3v) is 2.70.